The number of fused-ring (bicyclic) bond motifs is 1. The highest BCUT2D eigenvalue weighted by Gasteiger charge is 2.13. The Bertz CT molecular complexity index is 1250. The zero-order valence-corrected chi connectivity index (χ0v) is 16.8. The number of imidazole rings is 1. The lowest BCUT2D eigenvalue weighted by atomic mass is 10.1. The smallest absolute Gasteiger partial charge is 0.251 e. The minimum absolute atomic E-state index is 0.000118. The quantitative estimate of drug-likeness (QED) is 0.448. The van der Waals surface area contributed by atoms with Gasteiger partial charge in [-0.3, -0.25) is 9.52 Å². The monoisotopic (exact) mass is 424 g/mol. The van der Waals surface area contributed by atoms with Crippen molar-refractivity contribution in [2.45, 2.75) is 6.54 Å². The number of benzene rings is 1. The van der Waals surface area contributed by atoms with Gasteiger partial charge in [-0.25, -0.2) is 17.9 Å². The van der Waals surface area contributed by atoms with E-state index < -0.39 is 10.0 Å². The number of hydrogen-bond donors (Lipinski definition) is 2. The van der Waals surface area contributed by atoms with Gasteiger partial charge in [-0.1, -0.05) is 12.1 Å². The Morgan fingerprint density at radius 3 is 2.63 bits per heavy atom. The second kappa shape index (κ2) is 8.37. The summed E-state index contributed by atoms with van der Waals surface area (Å²) in [5.41, 5.74) is 2.73. The maximum Gasteiger partial charge on any atom is 0.251 e. The number of pyridine rings is 1. The van der Waals surface area contributed by atoms with Gasteiger partial charge in [-0.15, -0.1) is 0 Å². The number of aromatic nitrogens is 4. The van der Waals surface area contributed by atoms with Crippen molar-refractivity contribution >= 4 is 27.1 Å². The molecule has 0 fully saturated rings. The van der Waals surface area contributed by atoms with Crippen LogP contribution >= 0.6 is 0 Å². The summed E-state index contributed by atoms with van der Waals surface area (Å²) in [5.74, 6) is -0.554. The van der Waals surface area contributed by atoms with E-state index in [1.54, 1.807) is 59.8 Å². The van der Waals surface area contributed by atoms with E-state index in [4.69, 9.17) is 0 Å². The Morgan fingerprint density at radius 1 is 1.03 bits per heavy atom. The molecule has 10 heteroatoms. The van der Waals surface area contributed by atoms with Crippen LogP contribution in [0.15, 0.2) is 73.6 Å². The van der Waals surface area contributed by atoms with Gasteiger partial charge in [0.15, 0.2) is 0 Å². The van der Waals surface area contributed by atoms with E-state index in [1.807, 2.05) is 22.9 Å². The van der Waals surface area contributed by atoms with Crippen molar-refractivity contribution in [2.75, 3.05) is 17.0 Å². The average Bonchev–Trinajstić information content (AvgIpc) is 3.39. The highest BCUT2D eigenvalue weighted by Crippen LogP contribution is 2.13. The van der Waals surface area contributed by atoms with Gasteiger partial charge in [0.25, 0.3) is 5.91 Å². The van der Waals surface area contributed by atoms with Crippen molar-refractivity contribution in [1.29, 1.82) is 0 Å². The summed E-state index contributed by atoms with van der Waals surface area (Å²) >= 11 is 0. The van der Waals surface area contributed by atoms with Crippen molar-refractivity contribution in [1.82, 2.24) is 24.5 Å². The second-order valence-corrected chi connectivity index (χ2v) is 8.57. The number of amides is 1. The van der Waals surface area contributed by atoms with Crippen LogP contribution in [0.5, 0.6) is 0 Å². The van der Waals surface area contributed by atoms with E-state index in [9.17, 15) is 13.2 Å². The van der Waals surface area contributed by atoms with Gasteiger partial charge >= 0.3 is 0 Å². The van der Waals surface area contributed by atoms with E-state index in [2.05, 4.69) is 20.1 Å². The Labute approximate surface area is 173 Å². The molecule has 0 aliphatic carbocycles. The molecule has 1 aromatic carbocycles. The molecule has 3 aromatic heterocycles. The molecule has 0 saturated heterocycles. The van der Waals surface area contributed by atoms with Gasteiger partial charge < -0.3 is 9.88 Å². The van der Waals surface area contributed by atoms with E-state index in [1.165, 1.54) is 0 Å². The number of nitrogens with one attached hydrogen (secondary N) is 2. The molecule has 2 N–H and O–H groups in total. The molecule has 1 amide bonds. The summed E-state index contributed by atoms with van der Waals surface area (Å²) in [4.78, 5) is 16.3. The van der Waals surface area contributed by atoms with Gasteiger partial charge in [0, 0.05) is 43.4 Å². The van der Waals surface area contributed by atoms with Gasteiger partial charge in [0.2, 0.25) is 10.0 Å². The molecule has 4 rings (SSSR count). The maximum absolute atomic E-state index is 12.3. The molecule has 0 radical (unpaired) electrons. The van der Waals surface area contributed by atoms with Crippen molar-refractivity contribution in [3.05, 3.63) is 84.7 Å². The summed E-state index contributed by atoms with van der Waals surface area (Å²) < 4.78 is 30.7. The summed E-state index contributed by atoms with van der Waals surface area (Å²) in [6.07, 6.45) is 8.60. The molecule has 0 saturated carbocycles. The predicted octanol–water partition coefficient (Wildman–Crippen LogP) is 1.75. The zero-order chi connectivity index (χ0) is 21.0. The number of anilines is 1. The van der Waals surface area contributed by atoms with Crippen molar-refractivity contribution in [3.63, 3.8) is 0 Å². The number of rotatable bonds is 8. The van der Waals surface area contributed by atoms with Crippen LogP contribution in [0.4, 0.5) is 5.69 Å². The first-order valence-corrected chi connectivity index (χ1v) is 10.9. The Kier molecular flexibility index (Phi) is 5.48. The first-order valence-electron chi connectivity index (χ1n) is 9.25. The van der Waals surface area contributed by atoms with Crippen LogP contribution in [-0.4, -0.2) is 45.8 Å². The molecule has 0 aliphatic heterocycles. The predicted molar refractivity (Wildman–Crippen MR) is 113 cm³/mol. The summed E-state index contributed by atoms with van der Waals surface area (Å²) in [7, 11) is -3.60. The van der Waals surface area contributed by atoms with Crippen LogP contribution in [0.1, 0.15) is 15.9 Å². The van der Waals surface area contributed by atoms with Crippen LogP contribution in [0.25, 0.3) is 5.52 Å². The molecule has 0 aliphatic rings. The van der Waals surface area contributed by atoms with Crippen LogP contribution in [-0.2, 0) is 16.6 Å². The van der Waals surface area contributed by atoms with Crippen LogP contribution in [0.2, 0.25) is 0 Å². The molecule has 0 bridgehead atoms. The number of carbonyl (C=O) groups is 1. The molecule has 30 heavy (non-hydrogen) atoms. The fraction of sp³-hybridized carbons (Fsp3) is 0.150. The highest BCUT2D eigenvalue weighted by molar-refractivity contribution is 7.92. The molecular weight excluding hydrogens is 404 g/mol. The zero-order valence-electron chi connectivity index (χ0n) is 16.0. The van der Waals surface area contributed by atoms with Gasteiger partial charge in [-0.2, -0.15) is 5.10 Å². The molecule has 4 aromatic rings. The lowest BCUT2D eigenvalue weighted by Gasteiger charge is -2.10. The number of carbonyl (C=O) groups excluding carboxylic acids is 1. The molecule has 0 unspecified atom stereocenters. The van der Waals surface area contributed by atoms with Gasteiger partial charge in [0.05, 0.1) is 23.3 Å². The lowest BCUT2D eigenvalue weighted by Crippen LogP contribution is -2.31. The SMILES string of the molecule is O=C(NCCS(=O)(=O)Nc1ccn2nccc2c1)c1ccc(Cn2ccnc2)cc1. The molecule has 154 valence electrons. The number of nitrogens with zero attached hydrogens (tertiary/aromatic N) is 4. The minimum Gasteiger partial charge on any atom is -0.351 e. The van der Waals surface area contributed by atoms with Gasteiger partial charge in [0.1, 0.15) is 0 Å². The molecule has 0 spiro atoms. The molecule has 3 heterocycles. The standard InChI is InChI=1S/C20H20N6O3S/c27-20(17-3-1-16(2-4-17)14-25-11-8-21-15-25)22-9-12-30(28,29)24-18-6-10-26-19(13-18)5-7-23-26/h1-8,10-11,13,15,24H,9,12,14H2,(H,22,27). The Hall–Kier alpha value is -3.66. The van der Waals surface area contributed by atoms with E-state index in [0.717, 1.165) is 11.1 Å². The third kappa shape index (κ3) is 4.84. The third-order valence-corrected chi connectivity index (χ3v) is 5.76. The normalized spacial score (nSPS) is 11.5. The summed E-state index contributed by atoms with van der Waals surface area (Å²) in [5, 5.41) is 6.71. The van der Waals surface area contributed by atoms with E-state index in [0.29, 0.717) is 17.8 Å². The summed E-state index contributed by atoms with van der Waals surface area (Å²) in [6.45, 7) is 0.663. The van der Waals surface area contributed by atoms with Crippen LogP contribution in [0.3, 0.4) is 0 Å². The minimum atomic E-state index is -3.60. The first kappa shape index (κ1) is 19.6. The lowest BCUT2D eigenvalue weighted by molar-refractivity contribution is 0.0956. The molecule has 9 nitrogen and oxygen atoms in total. The van der Waals surface area contributed by atoms with Crippen molar-refractivity contribution < 1.29 is 13.2 Å². The fourth-order valence-electron chi connectivity index (χ4n) is 2.97. The maximum atomic E-state index is 12.3. The van der Waals surface area contributed by atoms with Crippen molar-refractivity contribution in [2.24, 2.45) is 0 Å². The number of sulfonamides is 1. The largest absolute Gasteiger partial charge is 0.351 e. The van der Waals surface area contributed by atoms with E-state index in [-0.39, 0.29) is 18.2 Å². The third-order valence-electron chi connectivity index (χ3n) is 4.47. The Morgan fingerprint density at radius 2 is 1.87 bits per heavy atom. The van der Waals surface area contributed by atoms with Gasteiger partial charge in [-0.05, 0) is 35.9 Å². The second-order valence-electron chi connectivity index (χ2n) is 6.72. The molecular formula is C20H20N6O3S. The van der Waals surface area contributed by atoms with Crippen LogP contribution in [0, 0.1) is 0 Å². The van der Waals surface area contributed by atoms with E-state index >= 15 is 0 Å². The fourth-order valence-corrected chi connectivity index (χ4v) is 3.93. The highest BCUT2D eigenvalue weighted by atomic mass is 32.2. The number of hydrogen-bond acceptors (Lipinski definition) is 5. The topological polar surface area (TPSA) is 110 Å². The first-order chi connectivity index (χ1) is 14.5. The summed E-state index contributed by atoms with van der Waals surface area (Å²) in [6, 6.07) is 12.2. The average molecular weight is 424 g/mol. The Balaban J connectivity index is 1.28. The van der Waals surface area contributed by atoms with Crippen LogP contribution < -0.4 is 10.0 Å². The molecule has 0 atom stereocenters. The van der Waals surface area contributed by atoms with Crippen molar-refractivity contribution in [3.8, 4) is 0 Å².